The molecule has 2 nitrogen and oxygen atoms in total. The molecule has 0 bridgehead atoms. The van der Waals surface area contributed by atoms with Crippen molar-refractivity contribution in [2.45, 2.75) is 25.1 Å². The molecule has 1 aliphatic carbocycles. The predicted molar refractivity (Wildman–Crippen MR) is 75.5 cm³/mol. The molecule has 0 aromatic heterocycles. The van der Waals surface area contributed by atoms with Gasteiger partial charge in [-0.3, -0.25) is 4.79 Å². The van der Waals surface area contributed by atoms with E-state index in [-0.39, 0.29) is 5.91 Å². The van der Waals surface area contributed by atoms with Gasteiger partial charge in [-0.2, -0.15) is 0 Å². The van der Waals surface area contributed by atoms with Crippen molar-refractivity contribution in [3.05, 3.63) is 34.3 Å². The fourth-order valence-corrected chi connectivity index (χ4v) is 3.08. The van der Waals surface area contributed by atoms with Crippen LogP contribution in [0.2, 0.25) is 5.02 Å². The fraction of sp³-hybridized carbons (Fsp3) is 0.500. The Bertz CT molecular complexity index is 455. The summed E-state index contributed by atoms with van der Waals surface area (Å²) in [5.74, 6) is 0.608. The molecule has 0 heterocycles. The average Bonchev–Trinajstić information content (AvgIpc) is 2.26. The summed E-state index contributed by atoms with van der Waals surface area (Å²) in [4.78, 5) is 14.1. The number of nitrogens with zero attached hydrogens (tertiary/aromatic N) is 1. The SMILES string of the molecule is Cc1cc(Cl)ccc1C(=O)N(C)CC1CC(Cl)C1. The molecule has 0 aliphatic heterocycles. The van der Waals surface area contributed by atoms with Crippen LogP contribution in [0.1, 0.15) is 28.8 Å². The van der Waals surface area contributed by atoms with Gasteiger partial charge in [-0.15, -0.1) is 11.6 Å². The Morgan fingerprint density at radius 3 is 2.67 bits per heavy atom. The van der Waals surface area contributed by atoms with Crippen LogP contribution in [0.4, 0.5) is 0 Å². The number of benzene rings is 1. The highest BCUT2D eigenvalue weighted by Crippen LogP contribution is 2.32. The number of amides is 1. The number of alkyl halides is 1. The Hall–Kier alpha value is -0.730. The number of rotatable bonds is 3. The van der Waals surface area contributed by atoms with E-state index in [2.05, 4.69) is 0 Å². The number of aryl methyl sites for hydroxylation is 1. The molecule has 0 saturated heterocycles. The van der Waals surface area contributed by atoms with Crippen LogP contribution < -0.4 is 0 Å². The summed E-state index contributed by atoms with van der Waals surface area (Å²) < 4.78 is 0. The Morgan fingerprint density at radius 1 is 1.44 bits per heavy atom. The minimum atomic E-state index is 0.0576. The first-order valence-electron chi connectivity index (χ1n) is 6.13. The summed E-state index contributed by atoms with van der Waals surface area (Å²) in [5, 5.41) is 0.964. The van der Waals surface area contributed by atoms with E-state index < -0.39 is 0 Å². The van der Waals surface area contributed by atoms with Gasteiger partial charge in [-0.25, -0.2) is 0 Å². The highest BCUT2D eigenvalue weighted by atomic mass is 35.5. The van der Waals surface area contributed by atoms with Gasteiger partial charge >= 0.3 is 0 Å². The fourth-order valence-electron chi connectivity index (χ4n) is 2.35. The molecule has 0 N–H and O–H groups in total. The molecule has 1 aliphatic rings. The molecule has 1 saturated carbocycles. The van der Waals surface area contributed by atoms with Crippen molar-refractivity contribution in [1.29, 1.82) is 0 Å². The lowest BCUT2D eigenvalue weighted by molar-refractivity contribution is 0.0746. The minimum Gasteiger partial charge on any atom is -0.341 e. The van der Waals surface area contributed by atoms with Gasteiger partial charge in [-0.1, -0.05) is 11.6 Å². The second-order valence-corrected chi connectivity index (χ2v) is 6.13. The molecule has 2 rings (SSSR count). The van der Waals surface area contributed by atoms with Gasteiger partial charge in [0.2, 0.25) is 0 Å². The third-order valence-electron chi connectivity index (χ3n) is 3.48. The van der Waals surface area contributed by atoms with E-state index in [1.165, 1.54) is 0 Å². The summed E-state index contributed by atoms with van der Waals surface area (Å²) in [5.41, 5.74) is 1.65. The standard InChI is InChI=1S/C14H17Cl2NO/c1-9-5-11(15)3-4-13(9)14(18)17(2)8-10-6-12(16)7-10/h3-5,10,12H,6-8H2,1-2H3. The van der Waals surface area contributed by atoms with Gasteiger partial charge in [0.15, 0.2) is 0 Å². The van der Waals surface area contributed by atoms with Crippen molar-refractivity contribution in [3.63, 3.8) is 0 Å². The molecule has 1 fully saturated rings. The third kappa shape index (κ3) is 2.99. The van der Waals surface area contributed by atoms with Gasteiger partial charge in [0.25, 0.3) is 5.91 Å². The molecule has 1 aromatic carbocycles. The molecule has 18 heavy (non-hydrogen) atoms. The molecular formula is C14H17Cl2NO. The van der Waals surface area contributed by atoms with Crippen LogP contribution in [0.5, 0.6) is 0 Å². The van der Waals surface area contributed by atoms with Crippen molar-refractivity contribution >= 4 is 29.1 Å². The largest absolute Gasteiger partial charge is 0.341 e. The molecular weight excluding hydrogens is 269 g/mol. The Morgan fingerprint density at radius 2 is 2.11 bits per heavy atom. The second-order valence-electron chi connectivity index (χ2n) is 5.08. The summed E-state index contributed by atoms with van der Waals surface area (Å²) in [6.45, 7) is 2.69. The van der Waals surface area contributed by atoms with Crippen molar-refractivity contribution in [2.75, 3.05) is 13.6 Å². The number of hydrogen-bond acceptors (Lipinski definition) is 1. The van der Waals surface area contributed by atoms with Crippen LogP contribution >= 0.6 is 23.2 Å². The van der Waals surface area contributed by atoms with Crippen LogP contribution in [-0.2, 0) is 0 Å². The Kier molecular flexibility index (Phi) is 4.18. The lowest BCUT2D eigenvalue weighted by Crippen LogP contribution is -2.38. The van der Waals surface area contributed by atoms with Gasteiger partial charge in [0.05, 0.1) is 0 Å². The van der Waals surface area contributed by atoms with E-state index in [9.17, 15) is 4.79 Å². The summed E-state index contributed by atoms with van der Waals surface area (Å²) in [7, 11) is 1.85. The zero-order chi connectivity index (χ0) is 13.3. The number of carbonyl (C=O) groups excluding carboxylic acids is 1. The first-order chi connectivity index (χ1) is 8.47. The Labute approximate surface area is 118 Å². The van der Waals surface area contributed by atoms with Gasteiger partial charge in [0.1, 0.15) is 0 Å². The highest BCUT2D eigenvalue weighted by molar-refractivity contribution is 6.30. The number of hydrogen-bond donors (Lipinski definition) is 0. The molecule has 0 atom stereocenters. The van der Waals surface area contributed by atoms with Crippen molar-refractivity contribution in [1.82, 2.24) is 4.90 Å². The molecule has 0 radical (unpaired) electrons. The number of carbonyl (C=O) groups is 1. The van der Waals surface area contributed by atoms with E-state index in [0.29, 0.717) is 16.3 Å². The smallest absolute Gasteiger partial charge is 0.253 e. The first-order valence-corrected chi connectivity index (χ1v) is 6.94. The van der Waals surface area contributed by atoms with Crippen LogP contribution in [0, 0.1) is 12.8 Å². The maximum Gasteiger partial charge on any atom is 0.253 e. The minimum absolute atomic E-state index is 0.0576. The van der Waals surface area contributed by atoms with Gasteiger partial charge in [-0.05, 0) is 49.4 Å². The Balaban J connectivity index is 2.01. The topological polar surface area (TPSA) is 20.3 Å². The third-order valence-corrected chi connectivity index (χ3v) is 4.07. The molecule has 0 spiro atoms. The van der Waals surface area contributed by atoms with Crippen LogP contribution in [0.15, 0.2) is 18.2 Å². The van der Waals surface area contributed by atoms with Crippen molar-refractivity contribution in [3.8, 4) is 0 Å². The molecule has 1 amide bonds. The summed E-state index contributed by atoms with van der Waals surface area (Å²) in [6, 6.07) is 5.37. The van der Waals surface area contributed by atoms with E-state index >= 15 is 0 Å². The summed E-state index contributed by atoms with van der Waals surface area (Å²) in [6.07, 6.45) is 2.03. The van der Waals surface area contributed by atoms with Crippen LogP contribution in [0.25, 0.3) is 0 Å². The average molecular weight is 286 g/mol. The maximum atomic E-state index is 12.3. The molecule has 4 heteroatoms. The maximum absolute atomic E-state index is 12.3. The number of halogens is 2. The van der Waals surface area contributed by atoms with Gasteiger partial charge < -0.3 is 4.90 Å². The van der Waals surface area contributed by atoms with Crippen molar-refractivity contribution < 1.29 is 4.79 Å². The monoisotopic (exact) mass is 285 g/mol. The van der Waals surface area contributed by atoms with E-state index in [1.54, 1.807) is 17.0 Å². The second kappa shape index (κ2) is 5.50. The van der Waals surface area contributed by atoms with Crippen LogP contribution in [-0.4, -0.2) is 29.8 Å². The van der Waals surface area contributed by atoms with E-state index in [4.69, 9.17) is 23.2 Å². The summed E-state index contributed by atoms with van der Waals surface area (Å²) >= 11 is 11.8. The zero-order valence-electron chi connectivity index (χ0n) is 10.6. The molecule has 0 unspecified atom stereocenters. The van der Waals surface area contributed by atoms with Crippen molar-refractivity contribution in [2.24, 2.45) is 5.92 Å². The predicted octanol–water partition coefficient (Wildman–Crippen LogP) is 3.74. The molecule has 1 aromatic rings. The lowest BCUT2D eigenvalue weighted by atomic mass is 9.84. The van der Waals surface area contributed by atoms with Gasteiger partial charge in [0, 0.05) is 29.6 Å². The lowest BCUT2D eigenvalue weighted by Gasteiger charge is -2.34. The van der Waals surface area contributed by atoms with E-state index in [1.807, 2.05) is 20.0 Å². The van der Waals surface area contributed by atoms with E-state index in [0.717, 1.165) is 30.5 Å². The highest BCUT2D eigenvalue weighted by Gasteiger charge is 2.29. The zero-order valence-corrected chi connectivity index (χ0v) is 12.1. The normalized spacial score (nSPS) is 22.4. The van der Waals surface area contributed by atoms with Crippen LogP contribution in [0.3, 0.4) is 0 Å². The quantitative estimate of drug-likeness (QED) is 0.775. The first kappa shape index (κ1) is 13.7. The molecule has 98 valence electrons.